The summed E-state index contributed by atoms with van der Waals surface area (Å²) in [6, 6.07) is 18.1. The van der Waals surface area contributed by atoms with Crippen LogP contribution in [0.5, 0.6) is 0 Å². The van der Waals surface area contributed by atoms with E-state index in [1.807, 2.05) is 0 Å². The zero-order valence-electron chi connectivity index (χ0n) is 15.7. The van der Waals surface area contributed by atoms with Crippen LogP contribution in [-0.4, -0.2) is 6.88 Å². The third-order valence-electron chi connectivity index (χ3n) is 6.75. The van der Waals surface area contributed by atoms with E-state index in [0.717, 1.165) is 0 Å². The van der Waals surface area contributed by atoms with E-state index < -0.39 is 17.4 Å². The van der Waals surface area contributed by atoms with Crippen LogP contribution in [0.1, 0.15) is 43.4 Å². The minimum Gasteiger partial charge on any atom is -0.147 e. The average molecular weight is 483 g/mol. The molecule has 4 rings (SSSR count). The molecule has 0 amide bonds. The topological polar surface area (TPSA) is 0 Å². The molecule has 0 aromatic heterocycles. The van der Waals surface area contributed by atoms with Crippen LogP contribution >= 0.6 is 24.8 Å². The van der Waals surface area contributed by atoms with Gasteiger partial charge in [-0.2, -0.15) is 0 Å². The Hall–Kier alpha value is -0.400. The Labute approximate surface area is 172 Å². The van der Waals surface area contributed by atoms with Gasteiger partial charge in [0, 0.05) is 0 Å². The quantitative estimate of drug-likeness (QED) is 0.439. The fraction of sp³-hybridized carbons (Fsp3) is 0.273. The molecule has 0 fully saturated rings. The van der Waals surface area contributed by atoms with Crippen molar-refractivity contribution in [2.75, 3.05) is 0 Å². The molecule has 0 bridgehead atoms. The number of hydrogen-bond acceptors (Lipinski definition) is 0. The van der Waals surface area contributed by atoms with Crippen molar-refractivity contribution >= 4 is 43.8 Å². The van der Waals surface area contributed by atoms with Crippen molar-refractivity contribution in [2.24, 2.45) is 0 Å². The van der Waals surface area contributed by atoms with Crippen molar-refractivity contribution in [3.05, 3.63) is 82.4 Å². The second-order valence-electron chi connectivity index (χ2n) is 8.29. The number of hydrogen-bond donors (Lipinski definition) is 0. The molecule has 2 atom stereocenters. The second-order valence-corrected chi connectivity index (χ2v) is 37.3. The van der Waals surface area contributed by atoms with Gasteiger partial charge in [0.25, 0.3) is 0 Å². The smallest absolute Gasteiger partial charge is 0.147 e. The van der Waals surface area contributed by atoms with Crippen LogP contribution in [0.25, 0.3) is 12.2 Å². The van der Waals surface area contributed by atoms with Gasteiger partial charge < -0.3 is 0 Å². The van der Waals surface area contributed by atoms with Crippen LogP contribution in [-0.2, 0) is 17.4 Å². The number of rotatable bonds is 3. The van der Waals surface area contributed by atoms with Gasteiger partial charge in [-0.25, -0.2) is 0 Å². The average Bonchev–Trinajstić information content (AvgIpc) is 3.16. The summed E-state index contributed by atoms with van der Waals surface area (Å²) in [4.78, 5) is 0. The van der Waals surface area contributed by atoms with Gasteiger partial charge in [0.2, 0.25) is 0 Å². The van der Waals surface area contributed by atoms with E-state index in [2.05, 4.69) is 92.1 Å². The minimum atomic E-state index is -3.14. The van der Waals surface area contributed by atoms with E-state index in [0.29, 0.717) is 7.25 Å². The molecule has 2 aromatic carbocycles. The SMILES string of the molecule is C[CH2][Zr]([CH3])(=[SiH2])([CH]1C=Cc2ccccc21)[CH]1C(C)=Cc2ccccc21.Cl.Cl. The van der Waals surface area contributed by atoms with Gasteiger partial charge in [-0.05, 0) is 0 Å². The van der Waals surface area contributed by atoms with Gasteiger partial charge in [-0.1, -0.05) is 0 Å². The first-order valence-corrected chi connectivity index (χ1v) is 22.0. The minimum absolute atomic E-state index is 0. The Morgan fingerprint density at radius 2 is 1.50 bits per heavy atom. The predicted octanol–water partition coefficient (Wildman–Crippen LogP) is 6.48. The standard InChI is InChI=1S/C10H9.C9H7.C2H5.CH3.2ClH.H2Si.Zr/c1-8-6-9-4-2-3-5-10(9)7-8;1-2-5-9-7-3-6-8(9)4-1;1-2;;;;;/h2-7H,1H3;1-7H;1H2,2H3;1H3;2*1H;1H2;. The molecule has 2 aliphatic rings. The third-order valence-corrected chi connectivity index (χ3v) is 31.6. The normalized spacial score (nSPS) is 20.5. The van der Waals surface area contributed by atoms with Crippen molar-refractivity contribution in [3.8, 4) is 0 Å². The van der Waals surface area contributed by atoms with E-state index in [4.69, 9.17) is 0 Å². The molecule has 138 valence electrons. The molecule has 26 heavy (non-hydrogen) atoms. The van der Waals surface area contributed by atoms with Crippen LogP contribution in [0.2, 0.25) is 8.76 Å². The molecule has 2 unspecified atom stereocenters. The van der Waals surface area contributed by atoms with Crippen LogP contribution in [0.15, 0.2) is 60.2 Å². The van der Waals surface area contributed by atoms with Gasteiger partial charge in [-0.15, -0.1) is 24.8 Å². The molecule has 0 N–H and O–H groups in total. The van der Waals surface area contributed by atoms with E-state index in [1.54, 1.807) is 16.7 Å². The van der Waals surface area contributed by atoms with Crippen LogP contribution < -0.4 is 0 Å². The molecule has 0 heterocycles. The maximum absolute atomic E-state index is 3.14. The van der Waals surface area contributed by atoms with E-state index >= 15 is 0 Å². The summed E-state index contributed by atoms with van der Waals surface area (Å²) in [5.41, 5.74) is 7.67. The number of fused-ring (bicyclic) bond motifs is 2. The zero-order valence-corrected chi connectivity index (χ0v) is 21.2. The van der Waals surface area contributed by atoms with E-state index in [9.17, 15) is 0 Å². The maximum atomic E-state index is 2.72. The van der Waals surface area contributed by atoms with Crippen LogP contribution in [0.4, 0.5) is 0 Å². The van der Waals surface area contributed by atoms with E-state index in [1.165, 1.54) is 15.3 Å². The summed E-state index contributed by atoms with van der Waals surface area (Å²) >= 11 is -3.14. The van der Waals surface area contributed by atoms with Crippen molar-refractivity contribution in [2.45, 2.75) is 29.9 Å². The Bertz CT molecular complexity index is 960. The summed E-state index contributed by atoms with van der Waals surface area (Å²) < 4.78 is 5.41. The molecule has 0 aliphatic heterocycles. The van der Waals surface area contributed by atoms with Gasteiger partial charge >= 0.3 is 149 Å². The summed E-state index contributed by atoms with van der Waals surface area (Å²) in [6.45, 7) is 7.27. The molecule has 0 nitrogen and oxygen atoms in total. The summed E-state index contributed by atoms with van der Waals surface area (Å²) in [7, 11) is 0. The van der Waals surface area contributed by atoms with Crippen LogP contribution in [0, 0.1) is 0 Å². The predicted molar refractivity (Wildman–Crippen MR) is 120 cm³/mol. The number of benzene rings is 2. The molecule has 2 aliphatic carbocycles. The summed E-state index contributed by atoms with van der Waals surface area (Å²) in [5, 5.41) is 0. The Morgan fingerprint density at radius 3 is 2.15 bits per heavy atom. The van der Waals surface area contributed by atoms with Gasteiger partial charge in [0.05, 0.1) is 0 Å². The summed E-state index contributed by atoms with van der Waals surface area (Å²) in [6.07, 6.45) is 7.37. The Balaban J connectivity index is 0.00000121. The van der Waals surface area contributed by atoms with Crippen molar-refractivity contribution in [1.29, 1.82) is 0 Å². The van der Waals surface area contributed by atoms with Crippen molar-refractivity contribution in [1.82, 2.24) is 0 Å². The van der Waals surface area contributed by atoms with Gasteiger partial charge in [0.15, 0.2) is 0 Å². The van der Waals surface area contributed by atoms with Crippen molar-refractivity contribution < 1.29 is 17.4 Å². The first-order valence-electron chi connectivity index (χ1n) is 9.04. The summed E-state index contributed by atoms with van der Waals surface area (Å²) in [5.74, 6) is 0. The fourth-order valence-corrected chi connectivity index (χ4v) is 24.6. The first kappa shape index (κ1) is 21.9. The Kier molecular flexibility index (Phi) is 6.36. The zero-order chi connectivity index (χ0) is 17.0. The Morgan fingerprint density at radius 1 is 0.923 bits per heavy atom. The molecular weight excluding hydrogens is 454 g/mol. The first-order chi connectivity index (χ1) is 11.4. The number of halogens is 2. The molecule has 0 spiro atoms. The molecule has 0 saturated carbocycles. The molecule has 2 aromatic rings. The third kappa shape index (κ3) is 3.08. The monoisotopic (exact) mass is 480 g/mol. The second kappa shape index (κ2) is 7.55. The molecule has 0 radical (unpaired) electrons. The fourth-order valence-electron chi connectivity index (χ4n) is 5.23. The van der Waals surface area contributed by atoms with Gasteiger partial charge in [0.1, 0.15) is 0 Å². The maximum Gasteiger partial charge on any atom is -0.147 e. The van der Waals surface area contributed by atoms with Crippen LogP contribution in [0.3, 0.4) is 0 Å². The largest absolute Gasteiger partial charge is 0.147 e. The molecular formula is C22H28Cl2SiZr. The van der Waals surface area contributed by atoms with Crippen molar-refractivity contribution in [3.63, 3.8) is 0 Å². The molecule has 0 saturated heterocycles. The van der Waals surface area contributed by atoms with Gasteiger partial charge in [-0.3, -0.25) is 0 Å². The number of allylic oxidation sites excluding steroid dienone is 2. The molecule has 4 heteroatoms. The van der Waals surface area contributed by atoms with E-state index in [-0.39, 0.29) is 24.8 Å².